The summed E-state index contributed by atoms with van der Waals surface area (Å²) in [5.74, 6) is 1.02. The highest BCUT2D eigenvalue weighted by Gasteiger charge is 2.27. The molecule has 0 aliphatic carbocycles. The molecule has 1 heterocycles. The maximum Gasteiger partial charge on any atom is 0.314 e. The molecule has 3 aromatic carbocycles. The SMILES string of the molecule is CC(=N)N1CCC(Oc2ccc(N(Cc3ccc4ccc(C(=N)N)cc4c3)S(=O)(=O)NS(C)(=O)=O)cc2)CC1. The van der Waals surface area contributed by atoms with E-state index >= 15 is 0 Å². The van der Waals surface area contributed by atoms with Gasteiger partial charge in [0.05, 0.1) is 24.3 Å². The molecule has 208 valence electrons. The second-order valence-electron chi connectivity index (χ2n) is 9.56. The minimum Gasteiger partial charge on any atom is -0.490 e. The first-order valence-electron chi connectivity index (χ1n) is 12.3. The normalized spacial score (nSPS) is 14.8. The van der Waals surface area contributed by atoms with Crippen LogP contribution < -0.4 is 18.9 Å². The van der Waals surface area contributed by atoms with Crippen LogP contribution in [-0.2, 0) is 26.8 Å². The van der Waals surface area contributed by atoms with E-state index in [4.69, 9.17) is 21.3 Å². The number of benzene rings is 3. The summed E-state index contributed by atoms with van der Waals surface area (Å²) in [7, 11) is -8.56. The van der Waals surface area contributed by atoms with Crippen LogP contribution in [0.2, 0.25) is 0 Å². The molecule has 1 fully saturated rings. The number of amidine groups is 2. The van der Waals surface area contributed by atoms with E-state index in [2.05, 4.69) is 0 Å². The zero-order valence-electron chi connectivity index (χ0n) is 21.7. The van der Waals surface area contributed by atoms with Crippen molar-refractivity contribution in [2.75, 3.05) is 23.7 Å². The Labute approximate surface area is 228 Å². The van der Waals surface area contributed by atoms with E-state index in [1.165, 1.54) is 0 Å². The number of sulfonamides is 1. The van der Waals surface area contributed by atoms with Crippen molar-refractivity contribution in [1.29, 1.82) is 10.8 Å². The molecule has 0 saturated carbocycles. The molecular formula is C26H32N6O5S2. The van der Waals surface area contributed by atoms with Crippen LogP contribution in [-0.4, -0.2) is 58.9 Å². The molecule has 0 aromatic heterocycles. The number of nitrogens with two attached hydrogens (primary N) is 1. The molecule has 0 atom stereocenters. The highest BCUT2D eigenvalue weighted by atomic mass is 32.3. The lowest BCUT2D eigenvalue weighted by molar-refractivity contribution is 0.130. The summed E-state index contributed by atoms with van der Waals surface area (Å²) >= 11 is 0. The van der Waals surface area contributed by atoms with Crippen LogP contribution in [0.3, 0.4) is 0 Å². The predicted molar refractivity (Wildman–Crippen MR) is 153 cm³/mol. The van der Waals surface area contributed by atoms with Crippen molar-refractivity contribution >= 4 is 48.4 Å². The van der Waals surface area contributed by atoms with Gasteiger partial charge in [-0.1, -0.05) is 28.4 Å². The standard InChI is InChI=1S/C26H32N6O5S2/c1-18(27)31-13-11-25(12-14-31)37-24-9-7-23(8-10-24)32(39(35,36)30-38(2,33)34)17-19-3-4-20-5-6-21(26(28)29)16-22(20)15-19/h3-10,15-16,25,27,30H,11-14,17H2,1-2H3,(H3,28,29). The molecule has 11 nitrogen and oxygen atoms in total. The van der Waals surface area contributed by atoms with Crippen molar-refractivity contribution < 1.29 is 21.6 Å². The number of nitrogens with zero attached hydrogens (tertiary/aromatic N) is 2. The third-order valence-electron chi connectivity index (χ3n) is 6.43. The van der Waals surface area contributed by atoms with Gasteiger partial charge in [0.2, 0.25) is 10.0 Å². The first-order chi connectivity index (χ1) is 18.3. The quantitative estimate of drug-likeness (QED) is 0.226. The van der Waals surface area contributed by atoms with Crippen molar-refractivity contribution in [3.05, 3.63) is 71.8 Å². The summed E-state index contributed by atoms with van der Waals surface area (Å²) in [5, 5.41) is 17.1. The van der Waals surface area contributed by atoms with E-state index in [9.17, 15) is 16.8 Å². The number of ether oxygens (including phenoxy) is 1. The van der Waals surface area contributed by atoms with Gasteiger partial charge >= 0.3 is 10.2 Å². The molecule has 1 aliphatic heterocycles. The second kappa shape index (κ2) is 11.2. The Kier molecular flexibility index (Phi) is 8.14. The molecule has 0 amide bonds. The highest BCUT2D eigenvalue weighted by Crippen LogP contribution is 2.27. The van der Waals surface area contributed by atoms with Gasteiger partial charge < -0.3 is 15.4 Å². The van der Waals surface area contributed by atoms with Gasteiger partial charge in [-0.3, -0.25) is 15.1 Å². The van der Waals surface area contributed by atoms with Gasteiger partial charge in [-0.15, -0.1) is 0 Å². The summed E-state index contributed by atoms with van der Waals surface area (Å²) in [6.07, 6.45) is 2.30. The molecule has 13 heteroatoms. The van der Waals surface area contributed by atoms with Gasteiger partial charge in [-0.25, -0.2) is 8.42 Å². The van der Waals surface area contributed by atoms with Crippen LogP contribution in [0.5, 0.6) is 5.75 Å². The summed E-state index contributed by atoms with van der Waals surface area (Å²) in [6.45, 7) is 3.09. The van der Waals surface area contributed by atoms with Gasteiger partial charge in [-0.2, -0.15) is 8.42 Å². The summed E-state index contributed by atoms with van der Waals surface area (Å²) in [4.78, 5) is 1.99. The number of fused-ring (bicyclic) bond motifs is 1. The van der Waals surface area contributed by atoms with E-state index in [0.29, 0.717) is 22.7 Å². The Bertz CT molecular complexity index is 1600. The van der Waals surface area contributed by atoms with Gasteiger partial charge in [0.1, 0.15) is 17.7 Å². The fraction of sp³-hybridized carbons (Fsp3) is 0.308. The first kappa shape index (κ1) is 28.3. The van der Waals surface area contributed by atoms with Crippen LogP contribution in [0.15, 0.2) is 60.7 Å². The molecule has 0 radical (unpaired) electrons. The number of anilines is 1. The molecule has 0 spiro atoms. The Morgan fingerprint density at radius 2 is 1.64 bits per heavy atom. The number of nitrogens with one attached hydrogen (secondary N) is 3. The third-order valence-corrected chi connectivity index (χ3v) is 9.41. The highest BCUT2D eigenvalue weighted by molar-refractivity contribution is 8.05. The lowest BCUT2D eigenvalue weighted by Crippen LogP contribution is -2.42. The third kappa shape index (κ3) is 7.25. The van der Waals surface area contributed by atoms with E-state index in [0.717, 1.165) is 47.3 Å². The van der Waals surface area contributed by atoms with Crippen molar-refractivity contribution in [3.8, 4) is 5.75 Å². The maximum atomic E-state index is 13.2. The Morgan fingerprint density at radius 3 is 2.23 bits per heavy atom. The smallest absolute Gasteiger partial charge is 0.314 e. The van der Waals surface area contributed by atoms with E-state index in [1.54, 1.807) is 59.6 Å². The fourth-order valence-corrected chi connectivity index (χ4v) is 7.08. The van der Waals surface area contributed by atoms with Gasteiger partial charge in [0.25, 0.3) is 0 Å². The number of piperidine rings is 1. The average Bonchev–Trinajstić information content (AvgIpc) is 2.86. The molecule has 3 aromatic rings. The predicted octanol–water partition coefficient (Wildman–Crippen LogP) is 2.76. The van der Waals surface area contributed by atoms with Crippen molar-refractivity contribution in [2.24, 2.45) is 5.73 Å². The van der Waals surface area contributed by atoms with Crippen LogP contribution in [0.1, 0.15) is 30.9 Å². The minimum absolute atomic E-state index is 0.0179. The van der Waals surface area contributed by atoms with Crippen molar-refractivity contribution in [3.63, 3.8) is 0 Å². The topological polar surface area (TPSA) is 170 Å². The summed E-state index contributed by atoms with van der Waals surface area (Å²) in [6, 6.07) is 17.1. The number of hydrogen-bond donors (Lipinski definition) is 4. The molecule has 4 rings (SSSR count). The Morgan fingerprint density at radius 1 is 1.00 bits per heavy atom. The van der Waals surface area contributed by atoms with Crippen LogP contribution >= 0.6 is 0 Å². The van der Waals surface area contributed by atoms with E-state index in [-0.39, 0.29) is 24.2 Å². The zero-order valence-corrected chi connectivity index (χ0v) is 23.3. The average molecular weight is 573 g/mol. The second-order valence-corrected chi connectivity index (χ2v) is 13.2. The summed E-state index contributed by atoms with van der Waals surface area (Å²) < 4.78 is 58.9. The largest absolute Gasteiger partial charge is 0.490 e. The monoisotopic (exact) mass is 572 g/mol. The van der Waals surface area contributed by atoms with Crippen LogP contribution in [0.4, 0.5) is 5.69 Å². The fourth-order valence-electron chi connectivity index (χ4n) is 4.47. The van der Waals surface area contributed by atoms with Gasteiger partial charge in [0, 0.05) is 31.5 Å². The summed E-state index contributed by atoms with van der Waals surface area (Å²) in [5.41, 5.74) is 7.02. The van der Waals surface area contributed by atoms with Gasteiger partial charge in [0.15, 0.2) is 0 Å². The number of rotatable bonds is 9. The van der Waals surface area contributed by atoms with E-state index in [1.807, 2.05) is 17.0 Å². The number of likely N-dealkylation sites (tertiary alicyclic amines) is 1. The van der Waals surface area contributed by atoms with Gasteiger partial charge in [-0.05, 0) is 59.7 Å². The molecule has 39 heavy (non-hydrogen) atoms. The van der Waals surface area contributed by atoms with Crippen molar-refractivity contribution in [1.82, 2.24) is 9.03 Å². The van der Waals surface area contributed by atoms with Crippen LogP contribution in [0.25, 0.3) is 10.8 Å². The molecule has 0 unspecified atom stereocenters. The van der Waals surface area contributed by atoms with Crippen molar-refractivity contribution in [2.45, 2.75) is 32.4 Å². The molecule has 0 bridgehead atoms. The molecule has 1 saturated heterocycles. The lowest BCUT2D eigenvalue weighted by Gasteiger charge is -2.33. The Hall–Kier alpha value is -3.68. The zero-order chi connectivity index (χ0) is 28.4. The van der Waals surface area contributed by atoms with Crippen LogP contribution in [0, 0.1) is 10.8 Å². The number of nitrogen functional groups attached to an aromatic ring is 1. The Balaban J connectivity index is 1.59. The first-order valence-corrected chi connectivity index (χ1v) is 15.6. The molecule has 5 N–H and O–H groups in total. The maximum absolute atomic E-state index is 13.2. The molecule has 1 aliphatic rings. The number of hydrogen-bond acceptors (Lipinski definition) is 7. The molecular weight excluding hydrogens is 540 g/mol. The van der Waals surface area contributed by atoms with E-state index < -0.39 is 20.2 Å². The lowest BCUT2D eigenvalue weighted by atomic mass is 10.0. The minimum atomic E-state index is -4.49.